The van der Waals surface area contributed by atoms with Crippen molar-refractivity contribution in [3.8, 4) is 11.4 Å². The Hall–Kier alpha value is -2.28. The van der Waals surface area contributed by atoms with Crippen LogP contribution in [0.25, 0.3) is 11.4 Å². The van der Waals surface area contributed by atoms with E-state index >= 15 is 0 Å². The van der Waals surface area contributed by atoms with Gasteiger partial charge in [-0.05, 0) is 48.7 Å². The first-order valence-electron chi connectivity index (χ1n) is 10.4. The van der Waals surface area contributed by atoms with Gasteiger partial charge in [-0.2, -0.15) is 4.80 Å². The van der Waals surface area contributed by atoms with E-state index in [-0.39, 0.29) is 23.9 Å². The lowest BCUT2D eigenvalue weighted by Gasteiger charge is -2.45. The number of nitrogens with zero attached hydrogens (tertiary/aromatic N) is 4. The van der Waals surface area contributed by atoms with Crippen LogP contribution in [0.2, 0.25) is 0 Å². The number of hydrogen-bond donors (Lipinski definition) is 2. The number of fused-ring (bicyclic) bond motifs is 2. The van der Waals surface area contributed by atoms with Gasteiger partial charge in [0.1, 0.15) is 0 Å². The minimum absolute atomic E-state index is 0.00983. The molecule has 2 aliphatic carbocycles. The quantitative estimate of drug-likeness (QED) is 0.828. The second-order valence-corrected chi connectivity index (χ2v) is 8.71. The van der Waals surface area contributed by atoms with E-state index in [1.54, 1.807) is 0 Å². The SMILES string of the molecule is CC(C)C(C(=O)NC1C2CCCC1CC(N)C2)n1nnc(-c2ccccc2)n1. The molecule has 2 bridgehead atoms. The Balaban J connectivity index is 1.52. The summed E-state index contributed by atoms with van der Waals surface area (Å²) in [6, 6.07) is 9.74. The number of carbonyl (C=O) groups excluding carboxylic acids is 1. The van der Waals surface area contributed by atoms with Crippen LogP contribution in [0.5, 0.6) is 0 Å². The molecule has 3 N–H and O–H groups in total. The van der Waals surface area contributed by atoms with E-state index in [1.807, 2.05) is 44.2 Å². The number of amides is 1. The topological polar surface area (TPSA) is 98.7 Å². The van der Waals surface area contributed by atoms with Gasteiger partial charge in [0.25, 0.3) is 0 Å². The van der Waals surface area contributed by atoms with Gasteiger partial charge in [-0.3, -0.25) is 4.79 Å². The van der Waals surface area contributed by atoms with Crippen LogP contribution in [0.4, 0.5) is 0 Å². The van der Waals surface area contributed by atoms with Crippen molar-refractivity contribution in [2.24, 2.45) is 23.5 Å². The lowest BCUT2D eigenvalue weighted by Crippen LogP contribution is -2.55. The summed E-state index contributed by atoms with van der Waals surface area (Å²) < 4.78 is 0. The number of nitrogens with one attached hydrogen (secondary N) is 1. The Labute approximate surface area is 166 Å². The summed E-state index contributed by atoms with van der Waals surface area (Å²) in [6.07, 6.45) is 5.57. The zero-order valence-electron chi connectivity index (χ0n) is 16.7. The number of benzene rings is 1. The normalized spacial score (nSPS) is 28.1. The first-order valence-corrected chi connectivity index (χ1v) is 10.4. The van der Waals surface area contributed by atoms with Crippen molar-refractivity contribution >= 4 is 5.91 Å². The Morgan fingerprint density at radius 3 is 2.50 bits per heavy atom. The number of rotatable bonds is 5. The maximum absolute atomic E-state index is 13.2. The number of tetrazole rings is 1. The average molecular weight is 383 g/mol. The third-order valence-corrected chi connectivity index (χ3v) is 6.29. The molecule has 1 aromatic carbocycles. The van der Waals surface area contributed by atoms with Crippen LogP contribution in [0.3, 0.4) is 0 Å². The van der Waals surface area contributed by atoms with Crippen LogP contribution in [-0.4, -0.2) is 38.2 Å². The van der Waals surface area contributed by atoms with Crippen LogP contribution in [0.1, 0.15) is 52.0 Å². The predicted octanol–water partition coefficient (Wildman–Crippen LogP) is 2.56. The molecule has 7 heteroatoms. The van der Waals surface area contributed by atoms with Crippen molar-refractivity contribution in [2.45, 2.75) is 64.1 Å². The van der Waals surface area contributed by atoms with Gasteiger partial charge in [0.15, 0.2) is 6.04 Å². The first-order chi connectivity index (χ1) is 13.5. The minimum Gasteiger partial charge on any atom is -0.351 e. The molecule has 0 spiro atoms. The van der Waals surface area contributed by atoms with E-state index in [0.717, 1.165) is 31.2 Å². The molecule has 2 fully saturated rings. The van der Waals surface area contributed by atoms with Gasteiger partial charge >= 0.3 is 0 Å². The lowest BCUT2D eigenvalue weighted by molar-refractivity contribution is -0.128. The monoisotopic (exact) mass is 382 g/mol. The Kier molecular flexibility index (Phi) is 5.44. The molecular weight excluding hydrogens is 352 g/mol. The molecule has 7 nitrogen and oxygen atoms in total. The number of carbonyl (C=O) groups is 1. The molecule has 150 valence electrons. The molecule has 4 rings (SSSR count). The van der Waals surface area contributed by atoms with Crippen LogP contribution < -0.4 is 11.1 Å². The highest BCUT2D eigenvalue weighted by Gasteiger charge is 2.41. The predicted molar refractivity (Wildman–Crippen MR) is 107 cm³/mol. The molecule has 2 aromatic rings. The van der Waals surface area contributed by atoms with Crippen LogP contribution in [-0.2, 0) is 4.79 Å². The second kappa shape index (κ2) is 7.99. The van der Waals surface area contributed by atoms with E-state index in [1.165, 1.54) is 11.2 Å². The highest BCUT2D eigenvalue weighted by molar-refractivity contribution is 5.80. The molecule has 0 aliphatic heterocycles. The van der Waals surface area contributed by atoms with Gasteiger partial charge in [-0.25, -0.2) is 0 Å². The fourth-order valence-corrected chi connectivity index (χ4v) is 4.99. The molecule has 0 saturated heterocycles. The smallest absolute Gasteiger partial charge is 0.247 e. The van der Waals surface area contributed by atoms with Crippen LogP contribution >= 0.6 is 0 Å². The molecule has 1 aromatic heterocycles. The summed E-state index contributed by atoms with van der Waals surface area (Å²) in [5, 5.41) is 16.2. The van der Waals surface area contributed by atoms with Gasteiger partial charge in [0.2, 0.25) is 11.7 Å². The third-order valence-electron chi connectivity index (χ3n) is 6.29. The van der Waals surface area contributed by atoms with Crippen molar-refractivity contribution in [3.05, 3.63) is 30.3 Å². The Morgan fingerprint density at radius 1 is 1.18 bits per heavy atom. The fourth-order valence-electron chi connectivity index (χ4n) is 4.99. The lowest BCUT2D eigenvalue weighted by atomic mass is 9.67. The summed E-state index contributed by atoms with van der Waals surface area (Å²) in [6.45, 7) is 4.04. The third kappa shape index (κ3) is 3.81. The average Bonchev–Trinajstić information content (AvgIpc) is 3.12. The highest BCUT2D eigenvalue weighted by Crippen LogP contribution is 2.40. The van der Waals surface area contributed by atoms with Gasteiger partial charge < -0.3 is 11.1 Å². The number of hydrogen-bond acceptors (Lipinski definition) is 5. The largest absolute Gasteiger partial charge is 0.351 e. The van der Waals surface area contributed by atoms with E-state index < -0.39 is 6.04 Å². The molecule has 1 amide bonds. The summed E-state index contributed by atoms with van der Waals surface area (Å²) >= 11 is 0. The van der Waals surface area contributed by atoms with Gasteiger partial charge in [0, 0.05) is 17.6 Å². The molecular formula is C21H30N6O. The van der Waals surface area contributed by atoms with E-state index in [9.17, 15) is 4.79 Å². The molecule has 3 atom stereocenters. The van der Waals surface area contributed by atoms with E-state index in [4.69, 9.17) is 5.73 Å². The van der Waals surface area contributed by atoms with Gasteiger partial charge in [-0.1, -0.05) is 50.6 Å². The Morgan fingerprint density at radius 2 is 1.86 bits per heavy atom. The van der Waals surface area contributed by atoms with Crippen molar-refractivity contribution in [2.75, 3.05) is 0 Å². The Bertz CT molecular complexity index is 790. The number of nitrogens with two attached hydrogens (primary N) is 1. The van der Waals surface area contributed by atoms with E-state index in [0.29, 0.717) is 17.7 Å². The molecule has 1 heterocycles. The summed E-state index contributed by atoms with van der Waals surface area (Å²) in [4.78, 5) is 14.7. The van der Waals surface area contributed by atoms with Gasteiger partial charge in [-0.15, -0.1) is 10.2 Å². The number of aromatic nitrogens is 4. The molecule has 3 unspecified atom stereocenters. The van der Waals surface area contributed by atoms with Crippen molar-refractivity contribution < 1.29 is 4.79 Å². The zero-order chi connectivity index (χ0) is 19.7. The van der Waals surface area contributed by atoms with Gasteiger partial charge in [0.05, 0.1) is 0 Å². The van der Waals surface area contributed by atoms with E-state index in [2.05, 4.69) is 20.7 Å². The van der Waals surface area contributed by atoms with Crippen molar-refractivity contribution in [1.29, 1.82) is 0 Å². The summed E-state index contributed by atoms with van der Waals surface area (Å²) in [7, 11) is 0. The summed E-state index contributed by atoms with van der Waals surface area (Å²) in [5.41, 5.74) is 7.13. The van der Waals surface area contributed by atoms with Crippen molar-refractivity contribution in [3.63, 3.8) is 0 Å². The second-order valence-electron chi connectivity index (χ2n) is 8.71. The fraction of sp³-hybridized carbons (Fsp3) is 0.619. The summed E-state index contributed by atoms with van der Waals surface area (Å²) in [5.74, 6) is 1.57. The molecule has 28 heavy (non-hydrogen) atoms. The maximum Gasteiger partial charge on any atom is 0.247 e. The minimum atomic E-state index is -0.471. The zero-order valence-corrected chi connectivity index (χ0v) is 16.7. The van der Waals surface area contributed by atoms with Crippen LogP contribution in [0.15, 0.2) is 30.3 Å². The highest BCUT2D eigenvalue weighted by atomic mass is 16.2. The maximum atomic E-state index is 13.2. The molecule has 2 aliphatic rings. The van der Waals surface area contributed by atoms with Crippen molar-refractivity contribution in [1.82, 2.24) is 25.5 Å². The molecule has 0 radical (unpaired) electrons. The standard InChI is InChI=1S/C21H30N6O/c1-13(2)19(27-25-20(24-26-27)14-7-4-3-5-8-14)21(28)23-18-15-9-6-10-16(18)12-17(22)11-15/h3-5,7-8,13,15-19H,6,9-12,22H2,1-2H3,(H,23,28). The molecule has 2 saturated carbocycles. The first kappa shape index (κ1) is 19.1. The van der Waals surface area contributed by atoms with Crippen LogP contribution in [0, 0.1) is 17.8 Å².